The number of aliphatic hydroxyl groups is 1. The molecule has 0 unspecified atom stereocenters. The molecule has 0 amide bonds. The van der Waals surface area contributed by atoms with Crippen LogP contribution in [0.3, 0.4) is 0 Å². The molecule has 17 heavy (non-hydrogen) atoms. The zero-order valence-corrected chi connectivity index (χ0v) is 11.5. The summed E-state index contributed by atoms with van der Waals surface area (Å²) in [5, 5.41) is 9.00. The van der Waals surface area contributed by atoms with E-state index in [1.165, 1.54) is 6.92 Å². The van der Waals surface area contributed by atoms with Crippen LogP contribution in [0.15, 0.2) is 11.1 Å². The molecular formula is C10H19O6P. The van der Waals surface area contributed by atoms with Gasteiger partial charge < -0.3 is 18.9 Å². The van der Waals surface area contributed by atoms with Crippen LogP contribution in [-0.4, -0.2) is 30.9 Å². The molecule has 0 aromatic carbocycles. The van der Waals surface area contributed by atoms with Gasteiger partial charge in [-0.3, -0.25) is 4.57 Å². The summed E-state index contributed by atoms with van der Waals surface area (Å²) in [6, 6.07) is 0. The maximum Gasteiger partial charge on any atom is 0.372 e. The van der Waals surface area contributed by atoms with Gasteiger partial charge >= 0.3 is 13.6 Å². The van der Waals surface area contributed by atoms with Gasteiger partial charge in [-0.15, -0.1) is 0 Å². The molecule has 0 bridgehead atoms. The first-order valence-corrected chi connectivity index (χ1v) is 6.93. The Balaban J connectivity index is 5.35. The third-order valence-electron chi connectivity index (χ3n) is 1.68. The van der Waals surface area contributed by atoms with Crippen molar-refractivity contribution in [3.8, 4) is 0 Å². The second-order valence-electron chi connectivity index (χ2n) is 2.99. The standard InChI is InChI=1S/C10H19O6P/c1-5-14-10(12)9(8(4)11)17(13,15-6-2)16-7-3/h11H,5-7H2,1-4H3/b9-8-. The number of ether oxygens (including phenoxy) is 1. The highest BCUT2D eigenvalue weighted by Gasteiger charge is 2.38. The lowest BCUT2D eigenvalue weighted by atomic mass is 10.5. The average Bonchev–Trinajstić information content (AvgIpc) is 2.17. The van der Waals surface area contributed by atoms with Gasteiger partial charge in [-0.2, -0.15) is 0 Å². The Bertz CT molecular complexity index is 322. The lowest BCUT2D eigenvalue weighted by Gasteiger charge is -2.19. The molecule has 0 saturated carbocycles. The van der Waals surface area contributed by atoms with E-state index < -0.39 is 24.6 Å². The van der Waals surface area contributed by atoms with Gasteiger partial charge in [0.05, 0.1) is 19.8 Å². The molecule has 0 fully saturated rings. The van der Waals surface area contributed by atoms with E-state index in [4.69, 9.17) is 13.8 Å². The molecule has 0 rings (SSSR count). The molecule has 100 valence electrons. The first-order chi connectivity index (χ1) is 7.92. The SMILES string of the molecule is CCOC(=O)/C(=C(\C)O)P(=O)(OCC)OCC. The van der Waals surface area contributed by atoms with Crippen molar-refractivity contribution in [2.45, 2.75) is 27.7 Å². The number of hydrogen-bond acceptors (Lipinski definition) is 6. The third-order valence-corrected chi connectivity index (χ3v) is 3.93. The number of rotatable bonds is 7. The number of carbonyl (C=O) groups excluding carboxylic acids is 1. The molecule has 1 N–H and O–H groups in total. The van der Waals surface area contributed by atoms with Crippen molar-refractivity contribution in [3.05, 3.63) is 11.1 Å². The van der Waals surface area contributed by atoms with Crippen molar-refractivity contribution < 1.29 is 28.3 Å². The molecule has 0 aliphatic carbocycles. The predicted octanol–water partition coefficient (Wildman–Crippen LogP) is 2.61. The Morgan fingerprint density at radius 3 is 1.88 bits per heavy atom. The van der Waals surface area contributed by atoms with E-state index in [9.17, 15) is 14.5 Å². The van der Waals surface area contributed by atoms with Crippen molar-refractivity contribution in [1.82, 2.24) is 0 Å². The molecule has 0 aromatic heterocycles. The second kappa shape index (κ2) is 7.48. The quantitative estimate of drug-likeness (QED) is 0.330. The van der Waals surface area contributed by atoms with Gasteiger partial charge in [0, 0.05) is 0 Å². The molecule has 0 aliphatic heterocycles. The molecule has 0 saturated heterocycles. The largest absolute Gasteiger partial charge is 0.511 e. The first-order valence-electron chi connectivity index (χ1n) is 5.39. The van der Waals surface area contributed by atoms with Gasteiger partial charge in [-0.05, 0) is 27.7 Å². The number of allylic oxidation sites excluding steroid dienone is 1. The second-order valence-corrected chi connectivity index (χ2v) is 4.95. The van der Waals surface area contributed by atoms with Crippen LogP contribution in [-0.2, 0) is 23.1 Å². The lowest BCUT2D eigenvalue weighted by molar-refractivity contribution is -0.138. The summed E-state index contributed by atoms with van der Waals surface area (Å²) in [7, 11) is -3.82. The number of aliphatic hydroxyl groups excluding tert-OH is 1. The van der Waals surface area contributed by atoms with Crippen molar-refractivity contribution in [3.63, 3.8) is 0 Å². The Labute approximate surface area is 101 Å². The normalized spacial score (nSPS) is 13.2. The van der Waals surface area contributed by atoms with Gasteiger partial charge in [0.15, 0.2) is 5.31 Å². The van der Waals surface area contributed by atoms with Crippen LogP contribution < -0.4 is 0 Å². The number of hydrogen-bond donors (Lipinski definition) is 1. The van der Waals surface area contributed by atoms with Gasteiger partial charge in [0.25, 0.3) is 0 Å². The first kappa shape index (κ1) is 16.2. The molecule has 0 spiro atoms. The van der Waals surface area contributed by atoms with E-state index in [-0.39, 0.29) is 19.8 Å². The zero-order valence-electron chi connectivity index (χ0n) is 10.6. The van der Waals surface area contributed by atoms with E-state index in [1.807, 2.05) is 0 Å². The van der Waals surface area contributed by atoms with Crippen LogP contribution in [0, 0.1) is 0 Å². The van der Waals surface area contributed by atoms with Crippen molar-refractivity contribution in [2.24, 2.45) is 0 Å². The van der Waals surface area contributed by atoms with Crippen LogP contribution in [0.5, 0.6) is 0 Å². The molecule has 7 heteroatoms. The topological polar surface area (TPSA) is 82.1 Å². The van der Waals surface area contributed by atoms with E-state index in [1.54, 1.807) is 20.8 Å². The van der Waals surface area contributed by atoms with Gasteiger partial charge in [0.1, 0.15) is 5.76 Å². The minimum atomic E-state index is -3.82. The summed E-state index contributed by atoms with van der Waals surface area (Å²) >= 11 is 0. The molecule has 0 heterocycles. The zero-order chi connectivity index (χ0) is 13.5. The average molecular weight is 266 g/mol. The molecule has 0 aromatic rings. The summed E-state index contributed by atoms with van der Waals surface area (Å²) in [6.45, 7) is 6.35. The monoisotopic (exact) mass is 266 g/mol. The molecule has 0 aliphatic rings. The lowest BCUT2D eigenvalue weighted by Crippen LogP contribution is -2.13. The smallest absolute Gasteiger partial charge is 0.372 e. The fourth-order valence-corrected chi connectivity index (χ4v) is 2.86. The summed E-state index contributed by atoms with van der Waals surface area (Å²) < 4.78 is 27.0. The third kappa shape index (κ3) is 4.50. The van der Waals surface area contributed by atoms with Gasteiger partial charge in [-0.25, -0.2) is 4.79 Å². The van der Waals surface area contributed by atoms with E-state index in [0.29, 0.717) is 0 Å². The molecule has 0 radical (unpaired) electrons. The van der Waals surface area contributed by atoms with E-state index in [0.717, 1.165) is 0 Å². The minimum absolute atomic E-state index is 0.0907. The maximum atomic E-state index is 12.3. The highest BCUT2D eigenvalue weighted by atomic mass is 31.2. The highest BCUT2D eigenvalue weighted by Crippen LogP contribution is 2.57. The maximum absolute atomic E-state index is 12.3. The molecular weight excluding hydrogens is 247 g/mol. The predicted molar refractivity (Wildman–Crippen MR) is 62.8 cm³/mol. The van der Waals surface area contributed by atoms with Crippen LogP contribution in [0.1, 0.15) is 27.7 Å². The Morgan fingerprint density at radius 1 is 1.12 bits per heavy atom. The van der Waals surface area contributed by atoms with Gasteiger partial charge in [0.2, 0.25) is 0 Å². The van der Waals surface area contributed by atoms with E-state index in [2.05, 4.69) is 0 Å². The summed E-state index contributed by atoms with van der Waals surface area (Å²) in [5.41, 5.74) is 0. The summed E-state index contributed by atoms with van der Waals surface area (Å²) in [4.78, 5) is 11.6. The van der Waals surface area contributed by atoms with Gasteiger partial charge in [-0.1, -0.05) is 0 Å². The number of carbonyl (C=O) groups is 1. The van der Waals surface area contributed by atoms with Crippen molar-refractivity contribution in [2.75, 3.05) is 19.8 Å². The fourth-order valence-electron chi connectivity index (χ4n) is 1.16. The van der Waals surface area contributed by atoms with Crippen molar-refractivity contribution in [1.29, 1.82) is 0 Å². The highest BCUT2D eigenvalue weighted by molar-refractivity contribution is 7.60. The van der Waals surface area contributed by atoms with Crippen molar-refractivity contribution >= 4 is 13.6 Å². The Kier molecular flexibility index (Phi) is 7.11. The molecule has 0 atom stereocenters. The van der Waals surface area contributed by atoms with E-state index >= 15 is 0 Å². The summed E-state index contributed by atoms with van der Waals surface area (Å²) in [6.07, 6.45) is 0. The fraction of sp³-hybridized carbons (Fsp3) is 0.700. The van der Waals surface area contributed by atoms with Crippen LogP contribution in [0.25, 0.3) is 0 Å². The molecule has 6 nitrogen and oxygen atoms in total. The summed E-state index contributed by atoms with van der Waals surface area (Å²) in [5.74, 6) is -1.31. The van der Waals surface area contributed by atoms with Crippen LogP contribution >= 0.6 is 7.60 Å². The van der Waals surface area contributed by atoms with Crippen LogP contribution in [0.2, 0.25) is 0 Å². The Morgan fingerprint density at radius 2 is 1.59 bits per heavy atom. The number of esters is 1. The van der Waals surface area contributed by atoms with Crippen LogP contribution in [0.4, 0.5) is 0 Å². The minimum Gasteiger partial charge on any atom is -0.511 e. The Hall–Kier alpha value is -0.840.